The summed E-state index contributed by atoms with van der Waals surface area (Å²) in [6.07, 6.45) is 0. The summed E-state index contributed by atoms with van der Waals surface area (Å²) in [6, 6.07) is 6.72. The number of nitrogens with one attached hydrogen (secondary N) is 1. The minimum Gasteiger partial charge on any atom is -0.465 e. The molecule has 3 aromatic rings. The zero-order chi connectivity index (χ0) is 18.8. The number of methoxy groups -OCH3 is 1. The highest BCUT2D eigenvalue weighted by Crippen LogP contribution is 2.27. The summed E-state index contributed by atoms with van der Waals surface area (Å²) in [5, 5.41) is 1.57. The maximum atomic E-state index is 12.5. The molecule has 0 fully saturated rings. The molecular weight excluding hydrogens is 397 g/mol. The van der Waals surface area contributed by atoms with Gasteiger partial charge >= 0.3 is 5.97 Å². The fourth-order valence-electron chi connectivity index (χ4n) is 2.37. The highest BCUT2D eigenvalue weighted by Gasteiger charge is 2.17. The summed E-state index contributed by atoms with van der Waals surface area (Å²) in [6.45, 7) is 1.72. The van der Waals surface area contributed by atoms with Crippen molar-refractivity contribution in [3.63, 3.8) is 0 Å². The molecule has 6 nitrogen and oxygen atoms in total. The zero-order valence-corrected chi connectivity index (χ0v) is 16.1. The molecule has 0 amide bonds. The highest BCUT2D eigenvalue weighted by atomic mass is 35.5. The van der Waals surface area contributed by atoms with Crippen molar-refractivity contribution in [1.82, 2.24) is 15.0 Å². The van der Waals surface area contributed by atoms with Gasteiger partial charge in [0.1, 0.15) is 0 Å². The van der Waals surface area contributed by atoms with Gasteiger partial charge in [-0.1, -0.05) is 41.0 Å². The summed E-state index contributed by atoms with van der Waals surface area (Å²) in [5.41, 5.74) is 1.30. The lowest BCUT2D eigenvalue weighted by Gasteiger charge is -2.07. The second-order valence-corrected chi connectivity index (χ2v) is 7.20. The number of hydrogen-bond acceptors (Lipinski definition) is 6. The van der Waals surface area contributed by atoms with Gasteiger partial charge in [-0.3, -0.25) is 4.79 Å². The molecule has 0 spiro atoms. The van der Waals surface area contributed by atoms with Crippen LogP contribution in [-0.2, 0) is 10.5 Å². The normalized spacial score (nSPS) is 10.9. The van der Waals surface area contributed by atoms with Crippen molar-refractivity contribution in [1.29, 1.82) is 0 Å². The summed E-state index contributed by atoms with van der Waals surface area (Å²) in [4.78, 5) is 35.7. The first-order valence-corrected chi connectivity index (χ1v) is 9.20. The first kappa shape index (κ1) is 18.7. The zero-order valence-electron chi connectivity index (χ0n) is 13.8. The number of hydrogen-bond donors (Lipinski definition) is 1. The van der Waals surface area contributed by atoms with E-state index >= 15 is 0 Å². The molecule has 0 aliphatic rings. The van der Waals surface area contributed by atoms with E-state index in [2.05, 4.69) is 15.0 Å². The van der Waals surface area contributed by atoms with Crippen LogP contribution in [-0.4, -0.2) is 28.0 Å². The van der Waals surface area contributed by atoms with Crippen LogP contribution in [0.4, 0.5) is 0 Å². The van der Waals surface area contributed by atoms with Crippen LogP contribution < -0.4 is 5.56 Å². The van der Waals surface area contributed by atoms with Gasteiger partial charge in [0.15, 0.2) is 10.8 Å². The molecule has 2 heterocycles. The van der Waals surface area contributed by atoms with Gasteiger partial charge in [0, 0.05) is 21.5 Å². The predicted molar refractivity (Wildman–Crippen MR) is 102 cm³/mol. The number of rotatable bonds is 4. The standard InChI is InChI=1S/C17H13Cl2N3O3S/c1-8-5-11(16(24)25-2)13-14(20-8)21-17(22-15(13)23)26-7-9-3-4-10(18)6-12(9)19/h3-6H,7H2,1-2H3,(H,20,21,22,23). The summed E-state index contributed by atoms with van der Waals surface area (Å²) >= 11 is 13.3. The number of aromatic amines is 1. The van der Waals surface area contributed by atoms with Gasteiger partial charge in [-0.2, -0.15) is 0 Å². The molecule has 0 atom stereocenters. The van der Waals surface area contributed by atoms with Gasteiger partial charge in [-0.25, -0.2) is 14.8 Å². The van der Waals surface area contributed by atoms with Crippen molar-refractivity contribution >= 4 is 52.0 Å². The monoisotopic (exact) mass is 409 g/mol. The number of pyridine rings is 1. The van der Waals surface area contributed by atoms with Crippen molar-refractivity contribution in [3.8, 4) is 0 Å². The van der Waals surface area contributed by atoms with Crippen LogP contribution in [0.15, 0.2) is 34.2 Å². The van der Waals surface area contributed by atoms with Crippen LogP contribution >= 0.6 is 35.0 Å². The lowest BCUT2D eigenvalue weighted by atomic mass is 10.1. The topological polar surface area (TPSA) is 84.9 Å². The van der Waals surface area contributed by atoms with Gasteiger partial charge in [-0.05, 0) is 30.7 Å². The van der Waals surface area contributed by atoms with E-state index in [1.807, 2.05) is 6.07 Å². The molecule has 1 aromatic carbocycles. The van der Waals surface area contributed by atoms with E-state index in [1.165, 1.54) is 24.9 Å². The number of carbonyl (C=O) groups excluding carboxylic acids is 1. The fourth-order valence-corrected chi connectivity index (χ4v) is 3.78. The third kappa shape index (κ3) is 3.85. The van der Waals surface area contributed by atoms with Crippen LogP contribution in [0.2, 0.25) is 10.0 Å². The second-order valence-electron chi connectivity index (χ2n) is 5.40. The largest absolute Gasteiger partial charge is 0.465 e. The van der Waals surface area contributed by atoms with Crippen LogP contribution in [0, 0.1) is 6.92 Å². The highest BCUT2D eigenvalue weighted by molar-refractivity contribution is 7.98. The van der Waals surface area contributed by atoms with Crippen molar-refractivity contribution in [2.75, 3.05) is 7.11 Å². The molecular formula is C17H13Cl2N3O3S. The molecule has 26 heavy (non-hydrogen) atoms. The van der Waals surface area contributed by atoms with E-state index < -0.39 is 11.5 Å². The van der Waals surface area contributed by atoms with Gasteiger partial charge in [0.05, 0.1) is 18.1 Å². The molecule has 2 aromatic heterocycles. The molecule has 0 aliphatic carbocycles. The maximum absolute atomic E-state index is 12.5. The van der Waals surface area contributed by atoms with Crippen LogP contribution in [0.3, 0.4) is 0 Å². The van der Waals surface area contributed by atoms with E-state index in [-0.39, 0.29) is 16.6 Å². The number of aromatic nitrogens is 3. The van der Waals surface area contributed by atoms with E-state index in [0.717, 1.165) is 5.56 Å². The number of carbonyl (C=O) groups is 1. The second kappa shape index (κ2) is 7.65. The van der Waals surface area contributed by atoms with Crippen molar-refractivity contribution < 1.29 is 9.53 Å². The number of H-pyrrole nitrogens is 1. The Labute approximate surface area is 162 Å². The summed E-state index contributed by atoms with van der Waals surface area (Å²) < 4.78 is 4.73. The number of benzene rings is 1. The fraction of sp³-hybridized carbons (Fsp3) is 0.176. The third-order valence-electron chi connectivity index (χ3n) is 3.57. The third-order valence-corrected chi connectivity index (χ3v) is 5.08. The Morgan fingerprint density at radius 3 is 2.73 bits per heavy atom. The molecule has 0 aliphatic heterocycles. The molecule has 0 saturated heterocycles. The number of esters is 1. The molecule has 0 bridgehead atoms. The van der Waals surface area contributed by atoms with Gasteiger partial charge < -0.3 is 9.72 Å². The summed E-state index contributed by atoms with van der Waals surface area (Å²) in [7, 11) is 1.26. The van der Waals surface area contributed by atoms with Crippen LogP contribution in [0.1, 0.15) is 21.6 Å². The number of ether oxygens (including phenoxy) is 1. The maximum Gasteiger partial charge on any atom is 0.338 e. The van der Waals surface area contributed by atoms with Crippen LogP contribution in [0.5, 0.6) is 0 Å². The Morgan fingerprint density at radius 2 is 2.04 bits per heavy atom. The Kier molecular flexibility index (Phi) is 5.50. The molecule has 0 radical (unpaired) electrons. The predicted octanol–water partition coefficient (Wildman–Crippen LogP) is 4.01. The Morgan fingerprint density at radius 1 is 1.27 bits per heavy atom. The van der Waals surface area contributed by atoms with Gasteiger partial charge in [0.2, 0.25) is 0 Å². The van der Waals surface area contributed by atoms with E-state index in [4.69, 9.17) is 27.9 Å². The Balaban J connectivity index is 1.98. The molecule has 9 heteroatoms. The number of thioether (sulfide) groups is 1. The minimum absolute atomic E-state index is 0.108. The van der Waals surface area contributed by atoms with E-state index in [9.17, 15) is 9.59 Å². The van der Waals surface area contributed by atoms with Crippen molar-refractivity contribution in [2.45, 2.75) is 17.8 Å². The van der Waals surface area contributed by atoms with Crippen molar-refractivity contribution in [2.24, 2.45) is 0 Å². The molecule has 134 valence electrons. The lowest BCUT2D eigenvalue weighted by Crippen LogP contribution is -2.16. The smallest absolute Gasteiger partial charge is 0.338 e. The van der Waals surface area contributed by atoms with E-state index in [0.29, 0.717) is 26.6 Å². The SMILES string of the molecule is COC(=O)c1cc(C)nc2nc(SCc3ccc(Cl)cc3Cl)[nH]c(=O)c12. The molecule has 0 saturated carbocycles. The molecule has 1 N–H and O–H groups in total. The number of halogens is 2. The molecule has 0 unspecified atom stereocenters. The van der Waals surface area contributed by atoms with Gasteiger partial charge in [-0.15, -0.1) is 0 Å². The Hall–Kier alpha value is -2.09. The average molecular weight is 410 g/mol. The number of nitrogens with zero attached hydrogens (tertiary/aromatic N) is 2. The van der Waals surface area contributed by atoms with E-state index in [1.54, 1.807) is 19.1 Å². The Bertz CT molecular complexity index is 1070. The molecule has 3 rings (SSSR count). The summed E-state index contributed by atoms with van der Waals surface area (Å²) in [5.74, 6) is -0.124. The van der Waals surface area contributed by atoms with Crippen molar-refractivity contribution in [3.05, 3.63) is 61.5 Å². The lowest BCUT2D eigenvalue weighted by molar-refractivity contribution is 0.0602. The average Bonchev–Trinajstić information content (AvgIpc) is 2.59. The minimum atomic E-state index is -0.610. The quantitative estimate of drug-likeness (QED) is 0.398. The number of aryl methyl sites for hydroxylation is 1. The van der Waals surface area contributed by atoms with Gasteiger partial charge in [0.25, 0.3) is 5.56 Å². The first-order valence-electron chi connectivity index (χ1n) is 7.45. The van der Waals surface area contributed by atoms with Crippen LogP contribution in [0.25, 0.3) is 11.0 Å². The first-order chi connectivity index (χ1) is 12.4. The number of fused-ring (bicyclic) bond motifs is 1.